The molecule has 8 heavy (non-hydrogen) atoms. The Morgan fingerprint density at radius 2 is 1.88 bits per heavy atom. The minimum Gasteiger partial charge on any atom is -0.265 e. The van der Waals surface area contributed by atoms with Gasteiger partial charge in [-0.1, -0.05) is 0 Å². The van der Waals surface area contributed by atoms with E-state index in [1.54, 1.807) is 5.48 Å². The third-order valence-electron chi connectivity index (χ3n) is 0.949. The van der Waals surface area contributed by atoms with Crippen LogP contribution in [-0.4, -0.2) is 11.9 Å². The number of halogens is 3. The summed E-state index contributed by atoms with van der Waals surface area (Å²) in [7, 11) is 0. The van der Waals surface area contributed by atoms with Crippen molar-refractivity contribution >= 4 is 0 Å². The molecule has 5 heteroatoms. The molecule has 1 saturated heterocycles. The monoisotopic (exact) mass is 127 g/mol. The molecule has 1 fully saturated rings. The molecule has 0 bridgehead atoms. The molecule has 0 radical (unpaired) electrons. The van der Waals surface area contributed by atoms with E-state index in [2.05, 4.69) is 4.84 Å². The first-order valence-electron chi connectivity index (χ1n) is 1.98. The smallest absolute Gasteiger partial charge is 0.265 e. The highest BCUT2D eigenvalue weighted by atomic mass is 19.4. The quantitative estimate of drug-likeness (QED) is 0.488. The zero-order valence-corrected chi connectivity index (χ0v) is 4.04. The second kappa shape index (κ2) is 1.16. The molecule has 1 N–H and O–H groups in total. The first kappa shape index (κ1) is 5.84. The van der Waals surface area contributed by atoms with Crippen LogP contribution in [0.2, 0.25) is 0 Å². The number of hydrogen-bond acceptors (Lipinski definition) is 2. The summed E-state index contributed by atoms with van der Waals surface area (Å²) < 4.78 is 34.3. The van der Waals surface area contributed by atoms with Crippen molar-refractivity contribution < 1.29 is 18.0 Å². The molecule has 0 aromatic rings. The van der Waals surface area contributed by atoms with Gasteiger partial charge in [-0.25, -0.2) is 0 Å². The van der Waals surface area contributed by atoms with Gasteiger partial charge in [0.25, 0.3) is 5.72 Å². The zero-order valence-electron chi connectivity index (χ0n) is 4.04. The molecular formula is C3H4F3NO. The first-order chi connectivity index (χ1) is 3.46. The van der Waals surface area contributed by atoms with Gasteiger partial charge in [0.2, 0.25) is 0 Å². The van der Waals surface area contributed by atoms with E-state index in [9.17, 15) is 13.2 Å². The van der Waals surface area contributed by atoms with Gasteiger partial charge in [-0.2, -0.15) is 18.7 Å². The molecule has 0 spiro atoms. The van der Waals surface area contributed by atoms with E-state index in [4.69, 9.17) is 0 Å². The summed E-state index contributed by atoms with van der Waals surface area (Å²) in [5, 5.41) is 0. The molecule has 1 rings (SSSR count). The van der Waals surface area contributed by atoms with Crippen molar-refractivity contribution in [2.75, 3.05) is 0 Å². The van der Waals surface area contributed by atoms with Gasteiger partial charge in [0.1, 0.15) is 0 Å². The molecule has 2 nitrogen and oxygen atoms in total. The van der Waals surface area contributed by atoms with Crippen molar-refractivity contribution in [3.8, 4) is 0 Å². The van der Waals surface area contributed by atoms with E-state index in [-0.39, 0.29) is 0 Å². The van der Waals surface area contributed by atoms with Crippen LogP contribution in [0.4, 0.5) is 13.2 Å². The van der Waals surface area contributed by atoms with Crippen molar-refractivity contribution in [1.82, 2.24) is 5.48 Å². The fourth-order valence-electron chi connectivity index (χ4n) is 0.192. The van der Waals surface area contributed by atoms with Crippen LogP contribution in [0.5, 0.6) is 0 Å². The Morgan fingerprint density at radius 1 is 1.50 bits per heavy atom. The Labute approximate surface area is 43.6 Å². The highest BCUT2D eigenvalue weighted by Gasteiger charge is 2.63. The molecule has 1 aliphatic rings. The van der Waals surface area contributed by atoms with Crippen LogP contribution in [-0.2, 0) is 4.84 Å². The van der Waals surface area contributed by atoms with Gasteiger partial charge in [0.05, 0.1) is 0 Å². The van der Waals surface area contributed by atoms with E-state index in [1.807, 2.05) is 0 Å². The van der Waals surface area contributed by atoms with Crippen molar-refractivity contribution in [1.29, 1.82) is 0 Å². The minimum absolute atomic E-state index is 0.924. The summed E-state index contributed by atoms with van der Waals surface area (Å²) in [6.45, 7) is 0.924. The van der Waals surface area contributed by atoms with Crippen molar-refractivity contribution in [3.63, 3.8) is 0 Å². The Hall–Kier alpha value is -0.290. The van der Waals surface area contributed by atoms with Gasteiger partial charge in [-0.15, -0.1) is 0 Å². The summed E-state index contributed by atoms with van der Waals surface area (Å²) in [6, 6.07) is 0. The molecule has 1 aliphatic heterocycles. The molecule has 0 aromatic carbocycles. The van der Waals surface area contributed by atoms with Crippen LogP contribution in [0.3, 0.4) is 0 Å². The van der Waals surface area contributed by atoms with Crippen molar-refractivity contribution in [2.45, 2.75) is 18.8 Å². The van der Waals surface area contributed by atoms with Crippen LogP contribution in [0, 0.1) is 0 Å². The highest BCUT2D eigenvalue weighted by molar-refractivity contribution is 4.85. The summed E-state index contributed by atoms with van der Waals surface area (Å²) in [6.07, 6.45) is -4.28. The van der Waals surface area contributed by atoms with Crippen molar-refractivity contribution in [3.05, 3.63) is 0 Å². The molecule has 1 heterocycles. The zero-order chi connectivity index (χ0) is 6.41. The van der Waals surface area contributed by atoms with Crippen LogP contribution >= 0.6 is 0 Å². The minimum atomic E-state index is -4.28. The number of nitrogens with one attached hydrogen (secondary N) is 1. The lowest BCUT2D eigenvalue weighted by Gasteiger charge is -2.05. The van der Waals surface area contributed by atoms with E-state index in [0.29, 0.717) is 0 Å². The average Bonchev–Trinajstić information content (AvgIpc) is 2.16. The SMILES string of the molecule is CC1(C(F)(F)F)NO1. The Morgan fingerprint density at radius 3 is 1.88 bits per heavy atom. The predicted molar refractivity (Wildman–Crippen MR) is 18.7 cm³/mol. The van der Waals surface area contributed by atoms with Gasteiger partial charge in [-0.05, 0) is 6.92 Å². The lowest BCUT2D eigenvalue weighted by atomic mass is 10.3. The maximum atomic E-state index is 11.4. The van der Waals surface area contributed by atoms with Gasteiger partial charge >= 0.3 is 6.18 Å². The van der Waals surface area contributed by atoms with E-state index in [0.717, 1.165) is 6.92 Å². The fraction of sp³-hybridized carbons (Fsp3) is 1.00. The third kappa shape index (κ3) is 0.674. The maximum Gasteiger partial charge on any atom is 0.434 e. The Balaban J connectivity index is 2.58. The third-order valence-corrected chi connectivity index (χ3v) is 0.949. The molecule has 1 atom stereocenters. The lowest BCUT2D eigenvalue weighted by molar-refractivity contribution is -0.179. The summed E-state index contributed by atoms with van der Waals surface area (Å²) in [5.41, 5.74) is -0.337. The second-order valence-electron chi connectivity index (χ2n) is 1.74. The normalized spacial score (nSPS) is 37.5. The number of hydrogen-bond donors (Lipinski definition) is 1. The Kier molecular flexibility index (Phi) is 0.850. The topological polar surface area (TPSA) is 34.5 Å². The number of hydroxylamine groups is 1. The summed E-state index contributed by atoms with van der Waals surface area (Å²) in [5.74, 6) is 0. The second-order valence-corrected chi connectivity index (χ2v) is 1.74. The van der Waals surface area contributed by atoms with Crippen LogP contribution in [0.1, 0.15) is 6.92 Å². The molecule has 0 aliphatic carbocycles. The van der Waals surface area contributed by atoms with Crippen molar-refractivity contribution in [2.24, 2.45) is 0 Å². The van der Waals surface area contributed by atoms with Crippen LogP contribution in [0.25, 0.3) is 0 Å². The van der Waals surface area contributed by atoms with E-state index in [1.165, 1.54) is 0 Å². The van der Waals surface area contributed by atoms with Crippen LogP contribution in [0.15, 0.2) is 0 Å². The van der Waals surface area contributed by atoms with Crippen LogP contribution < -0.4 is 5.48 Å². The molecule has 48 valence electrons. The molecule has 0 saturated carbocycles. The summed E-state index contributed by atoms with van der Waals surface area (Å²) >= 11 is 0. The standard InChI is InChI=1S/C3H4F3NO/c1-2(7-8-2)3(4,5)6/h7H,1H3. The average molecular weight is 127 g/mol. The summed E-state index contributed by atoms with van der Waals surface area (Å²) in [4.78, 5) is 3.89. The van der Waals surface area contributed by atoms with Gasteiger partial charge < -0.3 is 0 Å². The lowest BCUT2D eigenvalue weighted by Crippen LogP contribution is -2.31. The highest BCUT2D eigenvalue weighted by Crippen LogP contribution is 2.37. The molecular weight excluding hydrogens is 123 g/mol. The van der Waals surface area contributed by atoms with E-state index >= 15 is 0 Å². The number of alkyl halides is 3. The molecule has 1 unspecified atom stereocenters. The Bertz CT molecular complexity index is 102. The fourth-order valence-corrected chi connectivity index (χ4v) is 0.192. The van der Waals surface area contributed by atoms with Gasteiger partial charge in [-0.3, -0.25) is 4.84 Å². The van der Waals surface area contributed by atoms with E-state index < -0.39 is 11.9 Å². The number of rotatable bonds is 0. The molecule has 0 amide bonds. The molecule has 0 aromatic heterocycles. The maximum absolute atomic E-state index is 11.4. The van der Waals surface area contributed by atoms with Gasteiger partial charge in [0.15, 0.2) is 0 Å². The first-order valence-corrected chi connectivity index (χ1v) is 1.98. The van der Waals surface area contributed by atoms with Gasteiger partial charge in [0, 0.05) is 0 Å². The predicted octanol–water partition coefficient (Wildman–Crippen LogP) is 0.800. The largest absolute Gasteiger partial charge is 0.434 e.